The van der Waals surface area contributed by atoms with Crippen molar-refractivity contribution in [3.8, 4) is 0 Å². The molecule has 0 unspecified atom stereocenters. The van der Waals surface area contributed by atoms with Crippen LogP contribution in [0.5, 0.6) is 0 Å². The second-order valence-electron chi connectivity index (χ2n) is 6.73. The molecule has 5 nitrogen and oxygen atoms in total. The smallest absolute Gasteiger partial charge is 0.223 e. The molecule has 0 aromatic carbocycles. The van der Waals surface area contributed by atoms with E-state index in [0.29, 0.717) is 24.3 Å². The average molecular weight is 314 g/mol. The summed E-state index contributed by atoms with van der Waals surface area (Å²) in [5.74, 6) is 1.69. The number of hydrogen-bond acceptors (Lipinski definition) is 4. The summed E-state index contributed by atoms with van der Waals surface area (Å²) < 4.78 is 0. The Kier molecular flexibility index (Phi) is 4.94. The van der Waals surface area contributed by atoms with Gasteiger partial charge in [0.2, 0.25) is 5.91 Å². The fourth-order valence-corrected chi connectivity index (χ4v) is 3.49. The highest BCUT2D eigenvalue weighted by atomic mass is 16.2. The van der Waals surface area contributed by atoms with Gasteiger partial charge in [-0.15, -0.1) is 5.10 Å². The normalized spacial score (nSPS) is 21.7. The molecular weight excluding hydrogens is 288 g/mol. The highest BCUT2D eigenvalue weighted by molar-refractivity contribution is 5.76. The average Bonchev–Trinajstić information content (AvgIpc) is 3.08. The Morgan fingerprint density at radius 1 is 1.26 bits per heavy atom. The molecule has 3 rings (SSSR count). The lowest BCUT2D eigenvalue weighted by Gasteiger charge is -2.37. The second kappa shape index (κ2) is 7.11. The molecule has 0 spiro atoms. The molecule has 1 aliphatic carbocycles. The Balaban J connectivity index is 1.50. The maximum atomic E-state index is 12.4. The molecule has 5 heteroatoms. The summed E-state index contributed by atoms with van der Waals surface area (Å²) in [6, 6.07) is 4.45. The van der Waals surface area contributed by atoms with Gasteiger partial charge in [0.05, 0.1) is 5.69 Å². The Bertz CT molecular complexity index is 561. The maximum Gasteiger partial charge on any atom is 0.223 e. The van der Waals surface area contributed by atoms with Crippen LogP contribution in [-0.2, 0) is 4.79 Å². The van der Waals surface area contributed by atoms with E-state index in [1.807, 2.05) is 24.0 Å². The Labute approximate surface area is 138 Å². The first-order chi connectivity index (χ1) is 11.1. The highest BCUT2D eigenvalue weighted by Gasteiger charge is 2.27. The monoisotopic (exact) mass is 314 g/mol. The molecule has 1 aliphatic heterocycles. The van der Waals surface area contributed by atoms with E-state index >= 15 is 0 Å². The van der Waals surface area contributed by atoms with E-state index < -0.39 is 0 Å². The number of nitrogens with zero attached hydrogens (tertiary/aromatic N) is 4. The lowest BCUT2D eigenvalue weighted by Crippen LogP contribution is -2.46. The van der Waals surface area contributed by atoms with Gasteiger partial charge in [0, 0.05) is 32.6 Å². The lowest BCUT2D eigenvalue weighted by atomic mass is 10.0. The van der Waals surface area contributed by atoms with Crippen molar-refractivity contribution in [2.45, 2.75) is 45.1 Å². The topological polar surface area (TPSA) is 49.3 Å². The van der Waals surface area contributed by atoms with Crippen molar-refractivity contribution >= 4 is 11.7 Å². The summed E-state index contributed by atoms with van der Waals surface area (Å²) in [5.41, 5.74) is 0.934. The largest absolute Gasteiger partial charge is 0.355 e. The van der Waals surface area contributed by atoms with Crippen molar-refractivity contribution in [1.82, 2.24) is 15.1 Å². The number of aromatic nitrogens is 2. The molecule has 1 amide bonds. The zero-order valence-electron chi connectivity index (χ0n) is 14.1. The molecule has 2 heterocycles. The Morgan fingerprint density at radius 2 is 2.04 bits per heavy atom. The number of carbonyl (C=O) groups excluding carboxylic acids is 1. The molecule has 124 valence electrons. The number of piperidine rings is 1. The van der Waals surface area contributed by atoms with Gasteiger partial charge in [-0.2, -0.15) is 5.10 Å². The number of anilines is 1. The van der Waals surface area contributed by atoms with Crippen molar-refractivity contribution in [3.63, 3.8) is 0 Å². The third-order valence-electron chi connectivity index (χ3n) is 5.06. The molecule has 1 aromatic heterocycles. The van der Waals surface area contributed by atoms with Gasteiger partial charge in [0.25, 0.3) is 0 Å². The zero-order chi connectivity index (χ0) is 16.2. The van der Waals surface area contributed by atoms with Gasteiger partial charge in [-0.3, -0.25) is 4.79 Å². The van der Waals surface area contributed by atoms with Gasteiger partial charge in [-0.05, 0) is 50.7 Å². The minimum absolute atomic E-state index is 0.317. The predicted molar refractivity (Wildman–Crippen MR) is 91.3 cm³/mol. The molecule has 0 N–H and O–H groups in total. The molecule has 1 atom stereocenters. The Hall–Kier alpha value is -1.91. The number of aryl methyl sites for hydroxylation is 1. The van der Waals surface area contributed by atoms with Crippen LogP contribution >= 0.6 is 0 Å². The SMILES string of the molecule is Cc1ccc(N(C)C2CCN(C(=O)C[C@H]3C=CCC3)CC2)nn1. The zero-order valence-corrected chi connectivity index (χ0v) is 14.1. The summed E-state index contributed by atoms with van der Waals surface area (Å²) in [5, 5.41) is 8.40. The van der Waals surface area contributed by atoms with Gasteiger partial charge in [-0.1, -0.05) is 12.2 Å². The standard InChI is InChI=1S/C18H26N4O/c1-14-7-8-17(20-19-14)21(2)16-9-11-22(12-10-16)18(23)13-15-5-3-4-6-15/h3,5,7-8,15-16H,4,6,9-13H2,1-2H3/t15-/m0/s1. The predicted octanol–water partition coefficient (Wildman–Crippen LogP) is 2.57. The van der Waals surface area contributed by atoms with Crippen LogP contribution in [0, 0.1) is 12.8 Å². The van der Waals surface area contributed by atoms with E-state index in [4.69, 9.17) is 0 Å². The molecule has 0 radical (unpaired) electrons. The third kappa shape index (κ3) is 3.89. The number of rotatable bonds is 4. The van der Waals surface area contributed by atoms with Crippen LogP contribution in [-0.4, -0.2) is 47.2 Å². The number of likely N-dealkylation sites (tertiary alicyclic amines) is 1. The van der Waals surface area contributed by atoms with Crippen molar-refractivity contribution in [2.24, 2.45) is 5.92 Å². The van der Waals surface area contributed by atoms with E-state index in [9.17, 15) is 4.79 Å². The van der Waals surface area contributed by atoms with E-state index in [1.165, 1.54) is 0 Å². The lowest BCUT2D eigenvalue weighted by molar-refractivity contribution is -0.132. The molecule has 0 saturated carbocycles. The molecule has 2 aliphatic rings. The number of carbonyl (C=O) groups is 1. The summed E-state index contributed by atoms with van der Waals surface area (Å²) in [4.78, 5) is 16.6. The van der Waals surface area contributed by atoms with Crippen LogP contribution < -0.4 is 4.90 Å². The van der Waals surface area contributed by atoms with Gasteiger partial charge >= 0.3 is 0 Å². The van der Waals surface area contributed by atoms with Gasteiger partial charge in [0.15, 0.2) is 5.82 Å². The first-order valence-electron chi connectivity index (χ1n) is 8.61. The molecule has 0 bridgehead atoms. The minimum atomic E-state index is 0.317. The van der Waals surface area contributed by atoms with Crippen LogP contribution in [0.1, 0.15) is 37.8 Å². The molecule has 1 fully saturated rings. The summed E-state index contributed by atoms with van der Waals surface area (Å²) >= 11 is 0. The van der Waals surface area contributed by atoms with E-state index in [-0.39, 0.29) is 0 Å². The van der Waals surface area contributed by atoms with Crippen molar-refractivity contribution in [3.05, 3.63) is 30.0 Å². The van der Waals surface area contributed by atoms with Crippen LogP contribution in [0.15, 0.2) is 24.3 Å². The molecule has 23 heavy (non-hydrogen) atoms. The molecule has 1 aromatic rings. The van der Waals surface area contributed by atoms with Crippen molar-refractivity contribution in [1.29, 1.82) is 0 Å². The van der Waals surface area contributed by atoms with E-state index in [2.05, 4.69) is 34.3 Å². The van der Waals surface area contributed by atoms with Crippen LogP contribution in [0.25, 0.3) is 0 Å². The maximum absolute atomic E-state index is 12.4. The first kappa shape index (κ1) is 16.0. The fourth-order valence-electron chi connectivity index (χ4n) is 3.49. The number of allylic oxidation sites excluding steroid dienone is 2. The summed E-state index contributed by atoms with van der Waals surface area (Å²) in [6.45, 7) is 3.65. The van der Waals surface area contributed by atoms with Gasteiger partial charge in [0.1, 0.15) is 0 Å². The van der Waals surface area contributed by atoms with Gasteiger partial charge in [-0.25, -0.2) is 0 Å². The fraction of sp³-hybridized carbons (Fsp3) is 0.611. The van der Waals surface area contributed by atoms with Crippen LogP contribution in [0.3, 0.4) is 0 Å². The summed E-state index contributed by atoms with van der Waals surface area (Å²) in [7, 11) is 2.07. The van der Waals surface area contributed by atoms with Crippen molar-refractivity contribution < 1.29 is 4.79 Å². The quantitative estimate of drug-likeness (QED) is 0.802. The van der Waals surface area contributed by atoms with E-state index in [1.54, 1.807) is 0 Å². The van der Waals surface area contributed by atoms with Crippen LogP contribution in [0.2, 0.25) is 0 Å². The number of amides is 1. The third-order valence-corrected chi connectivity index (χ3v) is 5.06. The first-order valence-corrected chi connectivity index (χ1v) is 8.61. The van der Waals surface area contributed by atoms with Crippen molar-refractivity contribution in [2.75, 3.05) is 25.0 Å². The Morgan fingerprint density at radius 3 is 2.65 bits per heavy atom. The molecular formula is C18H26N4O. The van der Waals surface area contributed by atoms with Gasteiger partial charge < -0.3 is 9.80 Å². The number of hydrogen-bond donors (Lipinski definition) is 0. The highest BCUT2D eigenvalue weighted by Crippen LogP contribution is 2.24. The minimum Gasteiger partial charge on any atom is -0.355 e. The molecule has 1 saturated heterocycles. The van der Waals surface area contributed by atoms with Crippen LogP contribution in [0.4, 0.5) is 5.82 Å². The summed E-state index contributed by atoms with van der Waals surface area (Å²) in [6.07, 6.45) is 9.34. The second-order valence-corrected chi connectivity index (χ2v) is 6.73. The van der Waals surface area contributed by atoms with E-state index in [0.717, 1.165) is 50.3 Å².